The van der Waals surface area contributed by atoms with Crippen molar-refractivity contribution in [2.45, 2.75) is 12.5 Å². The van der Waals surface area contributed by atoms with Gasteiger partial charge in [0.1, 0.15) is 17.2 Å². The Kier molecular flexibility index (Phi) is 6.25. The maximum atomic E-state index is 11.1. The fourth-order valence-corrected chi connectivity index (χ4v) is 4.58. The highest BCUT2D eigenvalue weighted by molar-refractivity contribution is 7.80. The number of rotatable bonds is 5. The highest BCUT2D eigenvalue weighted by Gasteiger charge is 2.32. The third-order valence-electron chi connectivity index (χ3n) is 6.17. The van der Waals surface area contributed by atoms with Crippen LogP contribution >= 0.6 is 12.2 Å². The maximum Gasteiger partial charge on any atom is 0.194 e. The van der Waals surface area contributed by atoms with Crippen LogP contribution in [0.2, 0.25) is 0 Å². The molecule has 0 saturated heterocycles. The number of thiocarbonyl (C=S) groups is 1. The Morgan fingerprint density at radius 1 is 0.914 bits per heavy atom. The van der Waals surface area contributed by atoms with Gasteiger partial charge in [-0.1, -0.05) is 42.5 Å². The summed E-state index contributed by atoms with van der Waals surface area (Å²) in [7, 11) is 3.28. The van der Waals surface area contributed by atoms with E-state index in [0.717, 1.165) is 39.2 Å². The van der Waals surface area contributed by atoms with Gasteiger partial charge in [-0.05, 0) is 65.6 Å². The molecule has 0 bridgehead atoms. The molecule has 0 spiro atoms. The van der Waals surface area contributed by atoms with Gasteiger partial charge in [-0.2, -0.15) is 5.10 Å². The number of hydrazone groups is 1. The Hall–Kier alpha value is -4.10. The third-order valence-corrected chi connectivity index (χ3v) is 6.46. The normalized spacial score (nSPS) is 15.1. The van der Waals surface area contributed by atoms with E-state index in [1.807, 2.05) is 89.9 Å². The predicted octanol–water partition coefficient (Wildman–Crippen LogP) is 6.11. The first-order chi connectivity index (χ1) is 17.1. The highest BCUT2D eigenvalue weighted by atomic mass is 32.1. The van der Waals surface area contributed by atoms with Gasteiger partial charge in [0.05, 0.1) is 26.0 Å². The average Bonchev–Trinajstić information content (AvgIpc) is 3.35. The maximum absolute atomic E-state index is 11.1. The molecule has 7 heteroatoms. The SMILES string of the molecule is COc1ccc(NC(=S)N2N=C(c3ccc4ccccc4c3O)CC2c2ccc(OC)cc2)cc1. The van der Waals surface area contributed by atoms with Crippen molar-refractivity contribution >= 4 is 39.5 Å². The van der Waals surface area contributed by atoms with Gasteiger partial charge in [0.25, 0.3) is 0 Å². The van der Waals surface area contributed by atoms with Crippen molar-refractivity contribution in [1.82, 2.24) is 5.01 Å². The van der Waals surface area contributed by atoms with Crippen molar-refractivity contribution in [3.63, 3.8) is 0 Å². The lowest BCUT2D eigenvalue weighted by Crippen LogP contribution is -2.31. The van der Waals surface area contributed by atoms with Crippen molar-refractivity contribution in [1.29, 1.82) is 0 Å². The third kappa shape index (κ3) is 4.50. The molecule has 4 aromatic rings. The van der Waals surface area contributed by atoms with Crippen LogP contribution in [0.1, 0.15) is 23.6 Å². The van der Waals surface area contributed by atoms with Crippen molar-refractivity contribution in [3.05, 3.63) is 96.1 Å². The number of nitrogens with zero attached hydrogens (tertiary/aromatic N) is 2. The monoisotopic (exact) mass is 483 g/mol. The van der Waals surface area contributed by atoms with Crippen LogP contribution in [-0.4, -0.2) is 35.2 Å². The van der Waals surface area contributed by atoms with E-state index in [1.165, 1.54) is 0 Å². The molecule has 5 rings (SSSR count). The summed E-state index contributed by atoms with van der Waals surface area (Å²) in [5.41, 5.74) is 3.36. The van der Waals surface area contributed by atoms with Crippen LogP contribution < -0.4 is 14.8 Å². The van der Waals surface area contributed by atoms with Crippen LogP contribution in [-0.2, 0) is 0 Å². The second-order valence-corrected chi connectivity index (χ2v) is 8.61. The zero-order valence-corrected chi connectivity index (χ0v) is 20.3. The fraction of sp³-hybridized carbons (Fsp3) is 0.143. The number of hydrogen-bond acceptors (Lipinski definition) is 5. The lowest BCUT2D eigenvalue weighted by molar-refractivity contribution is 0.374. The van der Waals surface area contributed by atoms with Crippen molar-refractivity contribution in [3.8, 4) is 17.2 Å². The van der Waals surface area contributed by atoms with Crippen LogP contribution in [0.5, 0.6) is 17.2 Å². The van der Waals surface area contributed by atoms with Gasteiger partial charge in [-0.25, -0.2) is 5.01 Å². The number of nitrogens with one attached hydrogen (secondary N) is 1. The molecule has 1 atom stereocenters. The zero-order valence-electron chi connectivity index (χ0n) is 19.4. The number of aromatic hydroxyl groups is 1. The van der Waals surface area contributed by atoms with Crippen LogP contribution in [0.25, 0.3) is 10.8 Å². The van der Waals surface area contributed by atoms with Gasteiger partial charge >= 0.3 is 0 Å². The molecule has 1 unspecified atom stereocenters. The second kappa shape index (κ2) is 9.64. The second-order valence-electron chi connectivity index (χ2n) is 8.23. The van der Waals surface area contributed by atoms with Crippen LogP contribution in [0, 0.1) is 0 Å². The smallest absolute Gasteiger partial charge is 0.194 e. The number of fused-ring (bicyclic) bond motifs is 1. The number of anilines is 1. The number of benzene rings is 4. The number of phenolic OH excluding ortho intramolecular Hbond substituents is 1. The van der Waals surface area contributed by atoms with Crippen LogP contribution in [0.15, 0.2) is 90.0 Å². The Labute approximate surface area is 209 Å². The lowest BCUT2D eigenvalue weighted by Gasteiger charge is -2.25. The first-order valence-corrected chi connectivity index (χ1v) is 11.6. The number of methoxy groups -OCH3 is 2. The first-order valence-electron chi connectivity index (χ1n) is 11.2. The molecular formula is C28H25N3O3S. The molecule has 1 aliphatic heterocycles. The van der Waals surface area contributed by atoms with E-state index >= 15 is 0 Å². The van der Waals surface area contributed by atoms with Gasteiger partial charge in [0.2, 0.25) is 0 Å². The van der Waals surface area contributed by atoms with E-state index in [0.29, 0.717) is 17.1 Å². The van der Waals surface area contributed by atoms with E-state index in [-0.39, 0.29) is 11.8 Å². The molecule has 0 aromatic heterocycles. The molecule has 1 heterocycles. The molecule has 4 aromatic carbocycles. The Morgan fingerprint density at radius 2 is 1.57 bits per heavy atom. The summed E-state index contributed by atoms with van der Waals surface area (Å²) in [4.78, 5) is 0. The Balaban J connectivity index is 1.50. The summed E-state index contributed by atoms with van der Waals surface area (Å²) in [6, 6.07) is 27.0. The van der Waals surface area contributed by atoms with Crippen molar-refractivity contribution in [2.75, 3.05) is 19.5 Å². The number of hydrogen-bond donors (Lipinski definition) is 2. The Bertz CT molecular complexity index is 1400. The summed E-state index contributed by atoms with van der Waals surface area (Å²) in [5.74, 6) is 1.78. The average molecular weight is 484 g/mol. The summed E-state index contributed by atoms with van der Waals surface area (Å²) < 4.78 is 10.6. The van der Waals surface area contributed by atoms with Crippen molar-refractivity contribution in [2.24, 2.45) is 5.10 Å². The minimum Gasteiger partial charge on any atom is -0.507 e. The first kappa shape index (κ1) is 22.7. The van der Waals surface area contributed by atoms with Gasteiger partial charge in [-0.15, -0.1) is 0 Å². The predicted molar refractivity (Wildman–Crippen MR) is 144 cm³/mol. The molecule has 6 nitrogen and oxygen atoms in total. The van der Waals surface area contributed by atoms with Gasteiger partial charge in [0, 0.05) is 23.1 Å². The summed E-state index contributed by atoms with van der Waals surface area (Å²) in [5, 5.41) is 23.3. The van der Waals surface area contributed by atoms with Gasteiger partial charge in [0.15, 0.2) is 5.11 Å². The molecule has 0 amide bonds. The minimum atomic E-state index is -0.139. The van der Waals surface area contributed by atoms with E-state index < -0.39 is 0 Å². The largest absolute Gasteiger partial charge is 0.507 e. The van der Waals surface area contributed by atoms with Crippen LogP contribution in [0.4, 0.5) is 5.69 Å². The number of phenols is 1. The highest BCUT2D eigenvalue weighted by Crippen LogP contribution is 2.38. The minimum absolute atomic E-state index is 0.139. The quantitative estimate of drug-likeness (QED) is 0.334. The molecule has 0 aliphatic carbocycles. The molecule has 0 fully saturated rings. The zero-order chi connectivity index (χ0) is 24.4. The Morgan fingerprint density at radius 3 is 2.26 bits per heavy atom. The van der Waals surface area contributed by atoms with Gasteiger partial charge < -0.3 is 19.9 Å². The van der Waals surface area contributed by atoms with E-state index in [2.05, 4.69) is 5.32 Å². The van der Waals surface area contributed by atoms with E-state index in [1.54, 1.807) is 14.2 Å². The van der Waals surface area contributed by atoms with E-state index in [9.17, 15) is 5.11 Å². The molecular weight excluding hydrogens is 458 g/mol. The molecule has 0 saturated carbocycles. The van der Waals surface area contributed by atoms with Crippen LogP contribution in [0.3, 0.4) is 0 Å². The molecule has 2 N–H and O–H groups in total. The summed E-state index contributed by atoms with van der Waals surface area (Å²) in [6.45, 7) is 0. The molecule has 1 aliphatic rings. The number of ether oxygens (including phenoxy) is 2. The summed E-state index contributed by atoms with van der Waals surface area (Å²) >= 11 is 5.78. The standard InChI is InChI=1S/C28H25N3O3S/c1-33-21-12-7-19(8-13-21)26-17-25(24-16-9-18-5-3-4-6-23(18)27(24)32)30-31(26)28(35)29-20-10-14-22(34-2)15-11-20/h3-16,26,32H,17H2,1-2H3,(H,29,35). The molecule has 35 heavy (non-hydrogen) atoms. The fourth-order valence-electron chi connectivity index (χ4n) is 4.29. The van der Waals surface area contributed by atoms with Crippen molar-refractivity contribution < 1.29 is 14.6 Å². The van der Waals surface area contributed by atoms with Gasteiger partial charge in [-0.3, -0.25) is 0 Å². The van der Waals surface area contributed by atoms with E-state index in [4.69, 9.17) is 26.8 Å². The summed E-state index contributed by atoms with van der Waals surface area (Å²) in [6.07, 6.45) is 0.586. The topological polar surface area (TPSA) is 66.3 Å². The lowest BCUT2D eigenvalue weighted by atomic mass is 9.96. The molecule has 176 valence electrons. The molecule has 0 radical (unpaired) electrons.